The van der Waals surface area contributed by atoms with Crippen molar-refractivity contribution in [2.75, 3.05) is 5.32 Å². The summed E-state index contributed by atoms with van der Waals surface area (Å²) in [5.74, 6) is -0.469. The Morgan fingerprint density at radius 3 is 2.79 bits per heavy atom. The van der Waals surface area contributed by atoms with E-state index in [1.165, 1.54) is 12.2 Å². The van der Waals surface area contributed by atoms with Crippen molar-refractivity contribution in [3.05, 3.63) is 58.5 Å². The number of anilines is 1. The molecule has 0 aromatic carbocycles. The number of hydrogen-bond donors (Lipinski definition) is 2. The highest BCUT2D eigenvalue weighted by Crippen LogP contribution is 2.23. The summed E-state index contributed by atoms with van der Waals surface area (Å²) in [7, 11) is 0. The molecule has 6 heteroatoms. The van der Waals surface area contributed by atoms with Crippen LogP contribution in [0.5, 0.6) is 0 Å². The lowest BCUT2D eigenvalue weighted by Gasteiger charge is -2.10. The number of hydrogen-bond acceptors (Lipinski definition) is 3. The van der Waals surface area contributed by atoms with E-state index in [-0.39, 0.29) is 15.9 Å². The molecule has 100 valence electrons. The zero-order valence-electron chi connectivity index (χ0n) is 10.3. The molecular weight excluding hydrogens is 285 g/mol. The van der Waals surface area contributed by atoms with Gasteiger partial charge in [-0.05, 0) is 24.6 Å². The Morgan fingerprint density at radius 1 is 1.58 bits per heavy atom. The molecule has 1 heterocycles. The molecule has 3 N–H and O–H groups in total. The number of aryl methyl sites for hydroxylation is 1. The van der Waals surface area contributed by atoms with Crippen molar-refractivity contribution in [2.45, 2.75) is 6.92 Å². The summed E-state index contributed by atoms with van der Waals surface area (Å²) in [5.41, 5.74) is 6.80. The number of aromatic nitrogens is 1. The fourth-order valence-electron chi connectivity index (χ4n) is 1.28. The maximum absolute atomic E-state index is 12.1. The van der Waals surface area contributed by atoms with Crippen molar-refractivity contribution >= 4 is 34.8 Å². The summed E-state index contributed by atoms with van der Waals surface area (Å²) < 4.78 is 0. The van der Waals surface area contributed by atoms with E-state index in [1.807, 2.05) is 0 Å². The van der Waals surface area contributed by atoms with Crippen molar-refractivity contribution in [3.63, 3.8) is 0 Å². The van der Waals surface area contributed by atoms with E-state index in [1.54, 1.807) is 25.3 Å². The standard InChI is InChI=1S/C13H13Cl2N3O/c1-3-4-5-9(11(14)16)13(19)18-10-8(2)6-7-17-12(10)15/h3-7H,1,16H2,2H3,(H,18,19)/b5-4-,11-9+. The number of amides is 1. The third-order valence-corrected chi connectivity index (χ3v) is 2.74. The van der Waals surface area contributed by atoms with Gasteiger partial charge in [-0.1, -0.05) is 41.9 Å². The minimum Gasteiger partial charge on any atom is -0.389 e. The Kier molecular flexibility index (Phi) is 5.60. The van der Waals surface area contributed by atoms with Crippen molar-refractivity contribution in [2.24, 2.45) is 5.73 Å². The fraction of sp³-hybridized carbons (Fsp3) is 0.0769. The molecular formula is C13H13Cl2N3O. The molecule has 0 unspecified atom stereocenters. The topological polar surface area (TPSA) is 68.0 Å². The summed E-state index contributed by atoms with van der Waals surface area (Å²) >= 11 is 11.6. The van der Waals surface area contributed by atoms with Crippen LogP contribution >= 0.6 is 23.2 Å². The maximum Gasteiger partial charge on any atom is 0.258 e. The first-order chi connectivity index (χ1) is 8.97. The fourth-order valence-corrected chi connectivity index (χ4v) is 1.69. The molecule has 0 aliphatic carbocycles. The molecule has 1 amide bonds. The molecule has 0 bridgehead atoms. The van der Waals surface area contributed by atoms with Gasteiger partial charge in [0.05, 0.1) is 11.3 Å². The summed E-state index contributed by atoms with van der Waals surface area (Å²) in [6.45, 7) is 5.31. The van der Waals surface area contributed by atoms with Gasteiger partial charge in [-0.15, -0.1) is 0 Å². The van der Waals surface area contributed by atoms with Crippen molar-refractivity contribution < 1.29 is 4.79 Å². The second kappa shape index (κ2) is 6.97. The molecule has 0 aliphatic rings. The molecule has 0 radical (unpaired) electrons. The number of pyridine rings is 1. The molecule has 0 saturated heterocycles. The average Bonchev–Trinajstić information content (AvgIpc) is 2.34. The van der Waals surface area contributed by atoms with Crippen LogP contribution in [0, 0.1) is 6.92 Å². The van der Waals surface area contributed by atoms with Crippen LogP contribution in [0.25, 0.3) is 0 Å². The van der Waals surface area contributed by atoms with Gasteiger partial charge in [0.2, 0.25) is 0 Å². The lowest BCUT2D eigenvalue weighted by molar-refractivity contribution is -0.112. The molecule has 1 aromatic rings. The van der Waals surface area contributed by atoms with Gasteiger partial charge in [0.25, 0.3) is 5.91 Å². The molecule has 0 saturated carbocycles. The first-order valence-corrected chi connectivity index (χ1v) is 6.09. The highest BCUT2D eigenvalue weighted by atomic mass is 35.5. The highest BCUT2D eigenvalue weighted by molar-refractivity contribution is 6.34. The number of nitrogens with one attached hydrogen (secondary N) is 1. The number of nitrogens with zero attached hydrogens (tertiary/aromatic N) is 1. The van der Waals surface area contributed by atoms with Crippen LogP contribution in [-0.4, -0.2) is 10.9 Å². The van der Waals surface area contributed by atoms with Crippen LogP contribution in [-0.2, 0) is 4.79 Å². The van der Waals surface area contributed by atoms with Gasteiger partial charge < -0.3 is 11.1 Å². The molecule has 0 fully saturated rings. The molecule has 0 atom stereocenters. The normalized spacial score (nSPS) is 12.2. The van der Waals surface area contributed by atoms with Crippen molar-refractivity contribution in [3.8, 4) is 0 Å². The molecule has 1 rings (SSSR count). The Hall–Kier alpha value is -1.78. The Balaban J connectivity index is 3.05. The minimum absolute atomic E-state index is 0.117. The van der Waals surface area contributed by atoms with E-state index in [2.05, 4.69) is 16.9 Å². The van der Waals surface area contributed by atoms with Crippen LogP contribution in [0.15, 0.2) is 47.8 Å². The number of rotatable bonds is 4. The zero-order valence-corrected chi connectivity index (χ0v) is 11.8. The Labute approximate surface area is 121 Å². The monoisotopic (exact) mass is 297 g/mol. The summed E-state index contributed by atoms with van der Waals surface area (Å²) in [6, 6.07) is 1.73. The first-order valence-electron chi connectivity index (χ1n) is 5.34. The van der Waals surface area contributed by atoms with Crippen LogP contribution in [0.2, 0.25) is 5.15 Å². The van der Waals surface area contributed by atoms with Gasteiger partial charge in [-0.2, -0.15) is 0 Å². The summed E-state index contributed by atoms with van der Waals surface area (Å²) in [5, 5.41) is 2.71. The minimum atomic E-state index is -0.469. The third kappa shape index (κ3) is 4.12. The molecule has 0 spiro atoms. The molecule has 19 heavy (non-hydrogen) atoms. The second-order valence-electron chi connectivity index (χ2n) is 3.60. The van der Waals surface area contributed by atoms with E-state index in [0.29, 0.717) is 5.69 Å². The number of carbonyl (C=O) groups excluding carboxylic acids is 1. The van der Waals surface area contributed by atoms with Crippen LogP contribution < -0.4 is 11.1 Å². The van der Waals surface area contributed by atoms with Gasteiger partial charge in [-0.3, -0.25) is 4.79 Å². The van der Waals surface area contributed by atoms with E-state index in [4.69, 9.17) is 28.9 Å². The Bertz CT molecular complexity index is 541. The van der Waals surface area contributed by atoms with Crippen molar-refractivity contribution in [1.29, 1.82) is 0 Å². The van der Waals surface area contributed by atoms with Gasteiger partial charge in [0.15, 0.2) is 5.15 Å². The van der Waals surface area contributed by atoms with Crippen LogP contribution in [0.3, 0.4) is 0 Å². The molecule has 0 aliphatic heterocycles. The molecule has 1 aromatic heterocycles. The lowest BCUT2D eigenvalue weighted by Crippen LogP contribution is -2.17. The largest absolute Gasteiger partial charge is 0.389 e. The number of halogens is 2. The Morgan fingerprint density at radius 2 is 2.26 bits per heavy atom. The van der Waals surface area contributed by atoms with Crippen LogP contribution in [0.4, 0.5) is 5.69 Å². The van der Waals surface area contributed by atoms with Crippen molar-refractivity contribution in [1.82, 2.24) is 4.98 Å². The second-order valence-corrected chi connectivity index (χ2v) is 4.37. The molecule has 4 nitrogen and oxygen atoms in total. The van der Waals surface area contributed by atoms with Crippen LogP contribution in [0.1, 0.15) is 5.56 Å². The SMILES string of the molecule is C=C/C=C\C(C(=O)Nc1c(C)ccnc1Cl)=C(/N)Cl. The third-order valence-electron chi connectivity index (χ3n) is 2.25. The first kappa shape index (κ1) is 15.3. The highest BCUT2D eigenvalue weighted by Gasteiger charge is 2.14. The lowest BCUT2D eigenvalue weighted by atomic mass is 10.2. The predicted molar refractivity (Wildman–Crippen MR) is 79.0 cm³/mol. The van der Waals surface area contributed by atoms with E-state index in [0.717, 1.165) is 5.56 Å². The summed E-state index contributed by atoms with van der Waals surface area (Å²) in [6.07, 6.45) is 6.08. The van der Waals surface area contributed by atoms with Gasteiger partial charge >= 0.3 is 0 Å². The van der Waals surface area contributed by atoms with E-state index >= 15 is 0 Å². The summed E-state index contributed by atoms with van der Waals surface area (Å²) in [4.78, 5) is 16.0. The zero-order chi connectivity index (χ0) is 14.4. The van der Waals surface area contributed by atoms with E-state index < -0.39 is 5.91 Å². The van der Waals surface area contributed by atoms with E-state index in [9.17, 15) is 4.79 Å². The predicted octanol–water partition coefficient (Wildman–Crippen LogP) is 3.13. The maximum atomic E-state index is 12.1. The van der Waals surface area contributed by atoms with Gasteiger partial charge in [0, 0.05) is 6.20 Å². The quantitative estimate of drug-likeness (QED) is 0.388. The number of nitrogens with two attached hydrogens (primary N) is 1. The van der Waals surface area contributed by atoms with Gasteiger partial charge in [-0.25, -0.2) is 4.98 Å². The number of carbonyl (C=O) groups is 1. The smallest absolute Gasteiger partial charge is 0.258 e. The van der Waals surface area contributed by atoms with Gasteiger partial charge in [0.1, 0.15) is 5.16 Å². The number of allylic oxidation sites excluding steroid dienone is 2. The average molecular weight is 298 g/mol.